The number of H-pyrrole nitrogens is 1. The van der Waals surface area contributed by atoms with Crippen molar-refractivity contribution in [3.8, 4) is 5.75 Å². The number of anilines is 1. The number of rotatable bonds is 2. The fourth-order valence-corrected chi connectivity index (χ4v) is 3.82. The van der Waals surface area contributed by atoms with Crippen LogP contribution in [0.1, 0.15) is 63.0 Å². The topological polar surface area (TPSA) is 82.2 Å². The highest BCUT2D eigenvalue weighted by Crippen LogP contribution is 2.39. The summed E-state index contributed by atoms with van der Waals surface area (Å²) in [5.41, 5.74) is 1.97. The van der Waals surface area contributed by atoms with Crippen molar-refractivity contribution < 1.29 is 9.90 Å². The van der Waals surface area contributed by atoms with Crippen LogP contribution >= 0.6 is 15.9 Å². The second-order valence-electron chi connectivity index (χ2n) is 9.59. The van der Waals surface area contributed by atoms with Crippen LogP contribution in [0.5, 0.6) is 5.75 Å². The zero-order valence-corrected chi connectivity index (χ0v) is 19.7. The second-order valence-corrected chi connectivity index (χ2v) is 10.5. The van der Waals surface area contributed by atoms with Crippen LogP contribution in [0, 0.1) is 0 Å². The highest BCUT2D eigenvalue weighted by molar-refractivity contribution is 9.10. The fourth-order valence-electron chi connectivity index (χ4n) is 3.46. The van der Waals surface area contributed by atoms with E-state index in [0.29, 0.717) is 16.6 Å². The summed E-state index contributed by atoms with van der Waals surface area (Å²) in [5, 5.41) is 13.9. The average molecular weight is 471 g/mol. The van der Waals surface area contributed by atoms with Gasteiger partial charge in [0.25, 0.3) is 5.91 Å². The first-order valence-corrected chi connectivity index (χ1v) is 10.6. The first kappa shape index (κ1) is 22.1. The van der Waals surface area contributed by atoms with Crippen LogP contribution in [-0.2, 0) is 10.8 Å². The zero-order valence-electron chi connectivity index (χ0n) is 18.1. The molecule has 0 fully saturated rings. The highest BCUT2D eigenvalue weighted by atomic mass is 79.9. The van der Waals surface area contributed by atoms with Crippen LogP contribution < -0.4 is 10.7 Å². The molecule has 0 saturated carbocycles. The third-order valence-electron chi connectivity index (χ3n) is 5.09. The van der Waals surface area contributed by atoms with Crippen molar-refractivity contribution in [1.29, 1.82) is 0 Å². The molecule has 30 heavy (non-hydrogen) atoms. The first-order chi connectivity index (χ1) is 13.8. The monoisotopic (exact) mass is 470 g/mol. The number of amides is 1. The van der Waals surface area contributed by atoms with E-state index in [1.807, 2.05) is 53.7 Å². The van der Waals surface area contributed by atoms with Gasteiger partial charge in [0.1, 0.15) is 11.3 Å². The summed E-state index contributed by atoms with van der Waals surface area (Å²) in [5.74, 6) is -0.409. The Morgan fingerprint density at radius 2 is 1.63 bits per heavy atom. The fraction of sp³-hybridized carbons (Fsp3) is 0.333. The van der Waals surface area contributed by atoms with Crippen LogP contribution in [0.4, 0.5) is 5.69 Å². The summed E-state index contributed by atoms with van der Waals surface area (Å²) < 4.78 is 0.760. The van der Waals surface area contributed by atoms with E-state index in [4.69, 9.17) is 0 Å². The van der Waals surface area contributed by atoms with E-state index in [-0.39, 0.29) is 27.6 Å². The summed E-state index contributed by atoms with van der Waals surface area (Å²) in [6.45, 7) is 12.2. The van der Waals surface area contributed by atoms with Gasteiger partial charge in [-0.2, -0.15) is 0 Å². The van der Waals surface area contributed by atoms with Gasteiger partial charge in [0.05, 0.1) is 0 Å². The van der Waals surface area contributed by atoms with E-state index in [0.717, 1.165) is 15.6 Å². The largest absolute Gasteiger partial charge is 0.508 e. The van der Waals surface area contributed by atoms with Gasteiger partial charge in [-0.15, -0.1) is 0 Å². The lowest BCUT2D eigenvalue weighted by atomic mass is 9.79. The number of pyridine rings is 1. The van der Waals surface area contributed by atoms with E-state index in [1.165, 1.54) is 6.20 Å². The lowest BCUT2D eigenvalue weighted by Gasteiger charge is -2.28. The minimum absolute atomic E-state index is 0.0137. The minimum Gasteiger partial charge on any atom is -0.508 e. The number of benzene rings is 2. The number of carbonyl (C=O) groups excluding carboxylic acids is 1. The van der Waals surface area contributed by atoms with Gasteiger partial charge >= 0.3 is 0 Å². The molecule has 0 bridgehead atoms. The Morgan fingerprint density at radius 1 is 1.00 bits per heavy atom. The van der Waals surface area contributed by atoms with Gasteiger partial charge in [-0.1, -0.05) is 57.5 Å². The Kier molecular flexibility index (Phi) is 5.58. The molecule has 3 N–H and O–H groups in total. The molecular weight excluding hydrogens is 444 g/mol. The maximum absolute atomic E-state index is 13.0. The summed E-state index contributed by atoms with van der Waals surface area (Å²) >= 11 is 3.36. The predicted molar refractivity (Wildman–Crippen MR) is 126 cm³/mol. The van der Waals surface area contributed by atoms with E-state index in [1.54, 1.807) is 18.2 Å². The summed E-state index contributed by atoms with van der Waals surface area (Å²) in [6.07, 6.45) is 1.42. The molecule has 3 aromatic rings. The van der Waals surface area contributed by atoms with Crippen molar-refractivity contribution >= 4 is 38.4 Å². The SMILES string of the molecule is CC(C)(C)c1cc(C(C)(C)C)c(NC(=O)c2c[nH]c3ccc(Br)cc3c2=O)cc1O. The highest BCUT2D eigenvalue weighted by Gasteiger charge is 2.26. The minimum atomic E-state index is -0.522. The van der Waals surface area contributed by atoms with Crippen molar-refractivity contribution in [2.45, 2.75) is 52.4 Å². The molecule has 5 nitrogen and oxygen atoms in total. The van der Waals surface area contributed by atoms with Gasteiger partial charge in [0.2, 0.25) is 5.43 Å². The molecule has 0 spiro atoms. The van der Waals surface area contributed by atoms with Crippen molar-refractivity contribution in [3.05, 3.63) is 67.9 Å². The molecule has 1 amide bonds. The summed E-state index contributed by atoms with van der Waals surface area (Å²) in [7, 11) is 0. The normalized spacial score (nSPS) is 12.2. The maximum Gasteiger partial charge on any atom is 0.261 e. The van der Waals surface area contributed by atoms with Crippen LogP contribution in [0.25, 0.3) is 10.9 Å². The third-order valence-corrected chi connectivity index (χ3v) is 5.58. The van der Waals surface area contributed by atoms with E-state index < -0.39 is 5.91 Å². The molecule has 2 aromatic carbocycles. The van der Waals surface area contributed by atoms with Gasteiger partial charge in [-0.05, 0) is 46.2 Å². The molecule has 0 radical (unpaired) electrons. The molecule has 0 aliphatic heterocycles. The molecule has 0 saturated heterocycles. The maximum atomic E-state index is 13.0. The number of hydrogen-bond donors (Lipinski definition) is 3. The van der Waals surface area contributed by atoms with Gasteiger partial charge in [-0.25, -0.2) is 0 Å². The molecule has 0 atom stereocenters. The Labute approximate surface area is 184 Å². The number of carbonyl (C=O) groups is 1. The number of hydrogen-bond acceptors (Lipinski definition) is 3. The molecule has 0 aliphatic rings. The molecule has 1 aromatic heterocycles. The van der Waals surface area contributed by atoms with Crippen LogP contribution in [0.15, 0.2) is 45.8 Å². The van der Waals surface area contributed by atoms with Gasteiger partial charge in [-0.3, -0.25) is 9.59 Å². The smallest absolute Gasteiger partial charge is 0.261 e. The van der Waals surface area contributed by atoms with Crippen LogP contribution in [0.2, 0.25) is 0 Å². The second kappa shape index (κ2) is 7.58. The number of aromatic hydroxyl groups is 1. The Hall–Kier alpha value is -2.60. The number of aromatic amines is 1. The Bertz CT molecular complexity index is 1200. The number of phenols is 1. The predicted octanol–water partition coefficient (Wildman–Crippen LogP) is 5.84. The average Bonchev–Trinajstić information content (AvgIpc) is 2.60. The number of phenolic OH excluding ortho intramolecular Hbond substituents is 1. The molecule has 0 aliphatic carbocycles. The van der Waals surface area contributed by atoms with Crippen molar-refractivity contribution in [3.63, 3.8) is 0 Å². The quantitative estimate of drug-likeness (QED) is 0.439. The number of fused-ring (bicyclic) bond motifs is 1. The van der Waals surface area contributed by atoms with Gasteiger partial charge < -0.3 is 15.4 Å². The van der Waals surface area contributed by atoms with Gasteiger partial charge in [0, 0.05) is 33.3 Å². The van der Waals surface area contributed by atoms with Crippen LogP contribution in [0.3, 0.4) is 0 Å². The first-order valence-electron chi connectivity index (χ1n) is 9.79. The third kappa shape index (κ3) is 4.29. The number of nitrogens with one attached hydrogen (secondary N) is 2. The molecule has 0 unspecified atom stereocenters. The van der Waals surface area contributed by atoms with E-state index in [9.17, 15) is 14.7 Å². The molecule has 6 heteroatoms. The number of aromatic nitrogens is 1. The molecule has 1 heterocycles. The van der Waals surface area contributed by atoms with Crippen molar-refractivity contribution in [2.75, 3.05) is 5.32 Å². The van der Waals surface area contributed by atoms with Gasteiger partial charge in [0.15, 0.2) is 0 Å². The van der Waals surface area contributed by atoms with Crippen LogP contribution in [-0.4, -0.2) is 16.0 Å². The Morgan fingerprint density at radius 3 is 2.23 bits per heavy atom. The molecular formula is C24H27BrN2O3. The Balaban J connectivity index is 2.09. The summed E-state index contributed by atoms with van der Waals surface area (Å²) in [6, 6.07) is 8.81. The number of halogens is 1. The molecule has 158 valence electrons. The standard InChI is InChI=1S/C24H27BrN2O3/c1-23(2,3)16-10-17(24(4,5)6)20(28)11-19(16)27-22(30)15-12-26-18-8-7-13(25)9-14(18)21(15)29/h7-12,28H,1-6H3,(H,26,29)(H,27,30). The lowest BCUT2D eigenvalue weighted by Crippen LogP contribution is -2.25. The van der Waals surface area contributed by atoms with Crippen molar-refractivity contribution in [2.24, 2.45) is 0 Å². The summed E-state index contributed by atoms with van der Waals surface area (Å²) in [4.78, 5) is 28.9. The zero-order chi connectivity index (χ0) is 22.4. The van der Waals surface area contributed by atoms with Crippen molar-refractivity contribution in [1.82, 2.24) is 4.98 Å². The van der Waals surface area contributed by atoms with E-state index in [2.05, 4.69) is 26.2 Å². The lowest BCUT2D eigenvalue weighted by molar-refractivity contribution is 0.102. The molecule has 3 rings (SSSR count). The van der Waals surface area contributed by atoms with E-state index >= 15 is 0 Å².